The van der Waals surface area contributed by atoms with Gasteiger partial charge < -0.3 is 13.9 Å². The fourth-order valence-electron chi connectivity index (χ4n) is 4.17. The molecule has 7 heteroatoms. The van der Waals surface area contributed by atoms with Crippen LogP contribution in [0.1, 0.15) is 40.0 Å². The Labute approximate surface area is 169 Å². The zero-order valence-corrected chi connectivity index (χ0v) is 19.2. The molecule has 0 aromatic carbocycles. The molecule has 0 saturated heterocycles. The van der Waals surface area contributed by atoms with E-state index in [1.165, 1.54) is 14.2 Å². The Balaban J connectivity index is 2.58. The summed E-state index contributed by atoms with van der Waals surface area (Å²) < 4.78 is 16.7. The molecule has 2 rings (SSSR count). The number of ketones is 1. The highest BCUT2D eigenvalue weighted by Gasteiger charge is 2.56. The molecule has 0 aromatic heterocycles. The first-order valence-corrected chi connectivity index (χ1v) is 12.8. The lowest BCUT2D eigenvalue weighted by Crippen LogP contribution is -2.50. The van der Waals surface area contributed by atoms with Crippen molar-refractivity contribution in [3.8, 4) is 0 Å². The third-order valence-corrected chi connectivity index (χ3v) is 11.4. The van der Waals surface area contributed by atoms with Gasteiger partial charge in [-0.15, -0.1) is 0 Å². The van der Waals surface area contributed by atoms with E-state index in [9.17, 15) is 14.4 Å². The summed E-state index contributed by atoms with van der Waals surface area (Å²) in [5.74, 6) is -3.82. The second kappa shape index (κ2) is 8.11. The largest absolute Gasteiger partial charge is 0.469 e. The van der Waals surface area contributed by atoms with E-state index >= 15 is 0 Å². The number of fused-ring (bicyclic) bond motifs is 2. The van der Waals surface area contributed by atoms with Crippen molar-refractivity contribution < 1.29 is 28.3 Å². The Morgan fingerprint density at radius 2 is 1.61 bits per heavy atom. The normalized spacial score (nSPS) is 31.2. The molecule has 2 aliphatic rings. The lowest BCUT2D eigenvalue weighted by molar-refractivity contribution is -0.164. The Morgan fingerprint density at radius 3 is 2.11 bits per heavy atom. The predicted octanol–water partition coefficient (Wildman–Crippen LogP) is 3.51. The van der Waals surface area contributed by atoms with Crippen LogP contribution >= 0.6 is 0 Å². The van der Waals surface area contributed by atoms with Crippen LogP contribution in [0.15, 0.2) is 12.2 Å². The maximum atomic E-state index is 13.2. The fourth-order valence-corrected chi connectivity index (χ4v) is 5.53. The number of hydrogen-bond acceptors (Lipinski definition) is 6. The van der Waals surface area contributed by atoms with Crippen molar-refractivity contribution in [3.05, 3.63) is 12.2 Å². The molecule has 2 aliphatic carbocycles. The number of Topliss-reactive ketones (excluding diaryl/α,β-unsaturated/α-hetero) is 1. The van der Waals surface area contributed by atoms with E-state index in [1.54, 1.807) is 0 Å². The lowest BCUT2D eigenvalue weighted by Gasteiger charge is -2.41. The number of carbonyl (C=O) groups excluding carboxylic acids is 3. The molecule has 0 unspecified atom stereocenters. The molecule has 5 atom stereocenters. The van der Waals surface area contributed by atoms with E-state index in [0.29, 0.717) is 19.3 Å². The van der Waals surface area contributed by atoms with E-state index in [1.807, 2.05) is 0 Å². The Morgan fingerprint density at radius 1 is 1.07 bits per heavy atom. The van der Waals surface area contributed by atoms with Crippen molar-refractivity contribution >= 4 is 26.0 Å². The highest BCUT2D eigenvalue weighted by Crippen LogP contribution is 2.47. The maximum Gasteiger partial charge on any atom is 0.312 e. The van der Waals surface area contributed by atoms with Crippen LogP contribution in [0.4, 0.5) is 0 Å². The molecule has 158 valence electrons. The molecule has 6 nitrogen and oxygen atoms in total. The summed E-state index contributed by atoms with van der Waals surface area (Å²) in [4.78, 5) is 38.8. The van der Waals surface area contributed by atoms with Crippen molar-refractivity contribution in [3.63, 3.8) is 0 Å². The first-order valence-electron chi connectivity index (χ1n) is 9.90. The van der Waals surface area contributed by atoms with Gasteiger partial charge in [0.05, 0.1) is 32.2 Å². The Hall–Kier alpha value is -1.47. The predicted molar refractivity (Wildman–Crippen MR) is 108 cm³/mol. The molecule has 0 heterocycles. The van der Waals surface area contributed by atoms with Gasteiger partial charge >= 0.3 is 11.9 Å². The number of methoxy groups -OCH3 is 2. The van der Waals surface area contributed by atoms with Gasteiger partial charge in [-0.05, 0) is 37.4 Å². The van der Waals surface area contributed by atoms with Crippen LogP contribution in [-0.4, -0.2) is 46.4 Å². The number of carbonyl (C=O) groups is 3. The van der Waals surface area contributed by atoms with Gasteiger partial charge in [-0.1, -0.05) is 32.9 Å². The number of hydrogen-bond donors (Lipinski definition) is 0. The Bertz CT molecular complexity index is 662. The molecule has 0 aromatic rings. The van der Waals surface area contributed by atoms with Crippen LogP contribution in [0.5, 0.6) is 0 Å². The summed E-state index contributed by atoms with van der Waals surface area (Å²) in [7, 11) is 0.312. The van der Waals surface area contributed by atoms with Crippen molar-refractivity contribution in [1.82, 2.24) is 0 Å². The van der Waals surface area contributed by atoms with E-state index < -0.39 is 50.0 Å². The highest BCUT2D eigenvalue weighted by molar-refractivity contribution is 6.74. The van der Waals surface area contributed by atoms with E-state index in [0.717, 1.165) is 5.57 Å². The molecule has 0 aliphatic heterocycles. The van der Waals surface area contributed by atoms with Gasteiger partial charge in [-0.25, -0.2) is 0 Å². The van der Waals surface area contributed by atoms with Gasteiger partial charge in [0.25, 0.3) is 0 Å². The summed E-state index contributed by atoms with van der Waals surface area (Å²) in [5.41, 5.74) is 0.860. The molecule has 2 bridgehead atoms. The summed E-state index contributed by atoms with van der Waals surface area (Å²) >= 11 is 0. The summed E-state index contributed by atoms with van der Waals surface area (Å²) in [6.45, 7) is 14.6. The minimum absolute atomic E-state index is 0.0260. The topological polar surface area (TPSA) is 78.9 Å². The van der Waals surface area contributed by atoms with Gasteiger partial charge in [0.1, 0.15) is 5.78 Å². The number of allylic oxidation sites excluding steroid dienone is 1. The van der Waals surface area contributed by atoms with E-state index in [2.05, 4.69) is 40.4 Å². The number of rotatable bonds is 4. The minimum Gasteiger partial charge on any atom is -0.469 e. The van der Waals surface area contributed by atoms with E-state index in [4.69, 9.17) is 13.9 Å². The van der Waals surface area contributed by atoms with Crippen molar-refractivity contribution in [1.29, 1.82) is 0 Å². The Kier molecular flexibility index (Phi) is 6.60. The van der Waals surface area contributed by atoms with Crippen LogP contribution in [-0.2, 0) is 28.3 Å². The molecule has 2 saturated carbocycles. The standard InChI is InChI=1S/C21H34O6Si/c1-12-9-10-13-16(19(23)25-5)17(20(24)26-6)15(11-14(12)18(13)22)27-28(7,8)21(2,3)4/h13-17H,1,9-11H2,2-8H3/t13-,14-,15+,16+,17+/m1/s1. The monoisotopic (exact) mass is 410 g/mol. The number of ether oxygens (including phenoxy) is 2. The highest BCUT2D eigenvalue weighted by atomic mass is 28.4. The molecule has 28 heavy (non-hydrogen) atoms. The first kappa shape index (κ1) is 22.8. The van der Waals surface area contributed by atoms with Gasteiger partial charge in [0.15, 0.2) is 8.32 Å². The molecular formula is C21H34O6Si. The first-order chi connectivity index (χ1) is 12.9. The third-order valence-electron chi connectivity index (χ3n) is 6.87. The third kappa shape index (κ3) is 4.10. The van der Waals surface area contributed by atoms with Gasteiger partial charge in [0.2, 0.25) is 0 Å². The zero-order chi connectivity index (χ0) is 21.4. The molecule has 0 spiro atoms. The van der Waals surface area contributed by atoms with Gasteiger partial charge in [-0.2, -0.15) is 0 Å². The zero-order valence-electron chi connectivity index (χ0n) is 18.2. The number of esters is 2. The quantitative estimate of drug-likeness (QED) is 0.401. The average molecular weight is 411 g/mol. The molecule has 2 fully saturated rings. The van der Waals surface area contributed by atoms with E-state index in [-0.39, 0.29) is 10.8 Å². The summed E-state index contributed by atoms with van der Waals surface area (Å²) in [5, 5.41) is -0.0865. The van der Waals surface area contributed by atoms with Gasteiger partial charge in [-0.3, -0.25) is 14.4 Å². The van der Waals surface area contributed by atoms with Crippen LogP contribution < -0.4 is 0 Å². The van der Waals surface area contributed by atoms with Crippen molar-refractivity contribution in [2.45, 2.75) is 64.3 Å². The molecule has 0 N–H and O–H groups in total. The molecular weight excluding hydrogens is 376 g/mol. The minimum atomic E-state index is -2.28. The van der Waals surface area contributed by atoms with Crippen LogP contribution in [0.2, 0.25) is 18.1 Å². The van der Waals surface area contributed by atoms with Crippen LogP contribution in [0.3, 0.4) is 0 Å². The van der Waals surface area contributed by atoms with Crippen molar-refractivity contribution in [2.24, 2.45) is 23.7 Å². The summed E-state index contributed by atoms with van der Waals surface area (Å²) in [6, 6.07) is 0. The second-order valence-corrected chi connectivity index (χ2v) is 14.3. The average Bonchev–Trinajstić information content (AvgIpc) is 2.67. The summed E-state index contributed by atoms with van der Waals surface area (Å²) in [6.07, 6.45) is 0.920. The van der Waals surface area contributed by atoms with Crippen LogP contribution in [0, 0.1) is 23.7 Å². The lowest BCUT2D eigenvalue weighted by atomic mass is 9.71. The smallest absolute Gasteiger partial charge is 0.312 e. The van der Waals surface area contributed by atoms with Gasteiger partial charge in [0, 0.05) is 11.8 Å². The molecule has 0 amide bonds. The fraction of sp³-hybridized carbons (Fsp3) is 0.762. The second-order valence-electron chi connectivity index (χ2n) is 9.51. The van der Waals surface area contributed by atoms with Crippen molar-refractivity contribution in [2.75, 3.05) is 14.2 Å². The SMILES string of the molecule is C=C1CC[C@H]2C(=O)[C@@H]1C[C@H](O[Si](C)(C)C(C)(C)C)[C@H](C(=O)OC)[C@H]2C(=O)OC. The van der Waals surface area contributed by atoms with Crippen LogP contribution in [0.25, 0.3) is 0 Å². The molecule has 0 radical (unpaired) electrons. The maximum absolute atomic E-state index is 13.2.